The molecule has 5 rings (SSSR count). The number of hydrogen-bond acceptors (Lipinski definition) is 1. The van der Waals surface area contributed by atoms with Crippen molar-refractivity contribution in [3.63, 3.8) is 0 Å². The molecule has 0 saturated heterocycles. The van der Waals surface area contributed by atoms with Gasteiger partial charge in [-0.1, -0.05) is 72.8 Å². The molecule has 1 nitrogen and oxygen atoms in total. The summed E-state index contributed by atoms with van der Waals surface area (Å²) in [5, 5.41) is 7.24. The van der Waals surface area contributed by atoms with Crippen LogP contribution in [0.5, 0.6) is 0 Å². The van der Waals surface area contributed by atoms with Crippen LogP contribution in [0.3, 0.4) is 0 Å². The van der Waals surface area contributed by atoms with Crippen molar-refractivity contribution < 1.29 is 0 Å². The Kier molecular flexibility index (Phi) is 3.32. The molecule has 0 aliphatic rings. The first-order chi connectivity index (χ1) is 12.3. The Morgan fingerprint density at radius 3 is 1.76 bits per heavy atom. The normalized spacial score (nSPS) is 11.4. The predicted molar refractivity (Wildman–Crippen MR) is 110 cm³/mol. The molecule has 1 heterocycles. The van der Waals surface area contributed by atoms with E-state index < -0.39 is 0 Å². The summed E-state index contributed by atoms with van der Waals surface area (Å²) < 4.78 is 1.14. The molecular weight excluding hydrogens is 370 g/mol. The number of aromatic nitrogens is 1. The maximum atomic E-state index is 4.79. The largest absolute Gasteiger partial charge is 0.256 e. The topological polar surface area (TPSA) is 12.9 Å². The number of benzene rings is 4. The highest BCUT2D eigenvalue weighted by Gasteiger charge is 2.14. The fourth-order valence-corrected chi connectivity index (χ4v) is 4.26. The van der Waals surface area contributed by atoms with Crippen LogP contribution < -0.4 is 0 Å². The van der Waals surface area contributed by atoms with E-state index in [1.807, 2.05) is 12.3 Å². The molecule has 0 fully saturated rings. The minimum absolute atomic E-state index is 1.01. The van der Waals surface area contributed by atoms with Crippen molar-refractivity contribution >= 4 is 48.2 Å². The van der Waals surface area contributed by atoms with Crippen LogP contribution in [0.2, 0.25) is 0 Å². The van der Waals surface area contributed by atoms with Crippen LogP contribution in [0.25, 0.3) is 43.6 Å². The first kappa shape index (κ1) is 14.6. The SMILES string of the molecule is Brc1c2ccccc2c(-c2cc3ccccc3cn2)c2ccccc12. The summed E-state index contributed by atoms with van der Waals surface area (Å²) in [6.45, 7) is 0. The van der Waals surface area contributed by atoms with Crippen molar-refractivity contribution in [1.29, 1.82) is 0 Å². The van der Waals surface area contributed by atoms with Crippen molar-refractivity contribution in [2.75, 3.05) is 0 Å². The van der Waals surface area contributed by atoms with Crippen molar-refractivity contribution in [1.82, 2.24) is 4.98 Å². The van der Waals surface area contributed by atoms with Gasteiger partial charge in [0, 0.05) is 21.6 Å². The fraction of sp³-hybridized carbons (Fsp3) is 0. The van der Waals surface area contributed by atoms with Gasteiger partial charge in [0.2, 0.25) is 0 Å². The number of halogens is 1. The summed E-state index contributed by atoms with van der Waals surface area (Å²) in [4.78, 5) is 4.79. The van der Waals surface area contributed by atoms with Gasteiger partial charge in [-0.25, -0.2) is 0 Å². The van der Waals surface area contributed by atoms with Crippen LogP contribution >= 0.6 is 15.9 Å². The molecule has 0 amide bonds. The van der Waals surface area contributed by atoms with Gasteiger partial charge >= 0.3 is 0 Å². The lowest BCUT2D eigenvalue weighted by molar-refractivity contribution is 1.37. The number of pyridine rings is 1. The quantitative estimate of drug-likeness (QED) is 0.284. The lowest BCUT2D eigenvalue weighted by Gasteiger charge is -2.14. The number of hydrogen-bond donors (Lipinski definition) is 0. The molecule has 0 N–H and O–H groups in total. The van der Waals surface area contributed by atoms with E-state index in [1.165, 1.54) is 32.5 Å². The summed E-state index contributed by atoms with van der Waals surface area (Å²) in [7, 11) is 0. The lowest BCUT2D eigenvalue weighted by Crippen LogP contribution is -1.90. The molecule has 0 aliphatic heterocycles. The molecule has 0 aliphatic carbocycles. The third-order valence-corrected chi connectivity index (χ3v) is 5.61. The van der Waals surface area contributed by atoms with E-state index >= 15 is 0 Å². The van der Waals surface area contributed by atoms with E-state index in [1.54, 1.807) is 0 Å². The average molecular weight is 384 g/mol. The lowest BCUT2D eigenvalue weighted by atomic mass is 9.94. The third kappa shape index (κ3) is 2.25. The van der Waals surface area contributed by atoms with Crippen LogP contribution in [0.4, 0.5) is 0 Å². The smallest absolute Gasteiger partial charge is 0.0720 e. The Hall–Kier alpha value is -2.71. The second-order valence-electron chi connectivity index (χ2n) is 6.20. The number of fused-ring (bicyclic) bond motifs is 3. The van der Waals surface area contributed by atoms with Crippen LogP contribution in [0.15, 0.2) is 89.5 Å². The molecule has 0 spiro atoms. The van der Waals surface area contributed by atoms with Crippen molar-refractivity contribution in [2.24, 2.45) is 0 Å². The van der Waals surface area contributed by atoms with Crippen LogP contribution in [0, 0.1) is 0 Å². The van der Waals surface area contributed by atoms with Gasteiger partial charge < -0.3 is 0 Å². The molecule has 0 bridgehead atoms. The Morgan fingerprint density at radius 2 is 1.12 bits per heavy atom. The highest BCUT2D eigenvalue weighted by Crippen LogP contribution is 2.41. The minimum Gasteiger partial charge on any atom is -0.256 e. The molecule has 25 heavy (non-hydrogen) atoms. The predicted octanol–water partition coefficient (Wildman–Crippen LogP) is 6.97. The van der Waals surface area contributed by atoms with Gasteiger partial charge in [-0.3, -0.25) is 4.98 Å². The van der Waals surface area contributed by atoms with E-state index in [2.05, 4.69) is 88.7 Å². The van der Waals surface area contributed by atoms with Crippen molar-refractivity contribution in [2.45, 2.75) is 0 Å². The maximum absolute atomic E-state index is 4.79. The van der Waals surface area contributed by atoms with Gasteiger partial charge in [-0.2, -0.15) is 0 Å². The number of rotatable bonds is 1. The second-order valence-corrected chi connectivity index (χ2v) is 6.99. The van der Waals surface area contributed by atoms with E-state index in [0.717, 1.165) is 15.6 Å². The van der Waals surface area contributed by atoms with E-state index in [-0.39, 0.29) is 0 Å². The van der Waals surface area contributed by atoms with Gasteiger partial charge in [-0.05, 0) is 48.9 Å². The Bertz CT molecular complexity index is 1200. The van der Waals surface area contributed by atoms with Crippen LogP contribution in [-0.2, 0) is 0 Å². The van der Waals surface area contributed by atoms with E-state index in [4.69, 9.17) is 4.98 Å². The summed E-state index contributed by atoms with van der Waals surface area (Å²) in [5.41, 5.74) is 2.21. The summed E-state index contributed by atoms with van der Waals surface area (Å²) in [5.74, 6) is 0. The first-order valence-electron chi connectivity index (χ1n) is 8.27. The second kappa shape index (κ2) is 5.68. The monoisotopic (exact) mass is 383 g/mol. The van der Waals surface area contributed by atoms with Gasteiger partial charge in [0.05, 0.1) is 5.69 Å². The van der Waals surface area contributed by atoms with Crippen LogP contribution in [-0.4, -0.2) is 4.98 Å². The van der Waals surface area contributed by atoms with Crippen LogP contribution in [0.1, 0.15) is 0 Å². The fourth-order valence-electron chi connectivity index (χ4n) is 3.57. The number of nitrogens with zero attached hydrogens (tertiary/aromatic N) is 1. The third-order valence-electron chi connectivity index (χ3n) is 4.75. The Labute approximate surface area is 154 Å². The zero-order valence-electron chi connectivity index (χ0n) is 13.4. The van der Waals surface area contributed by atoms with Crippen molar-refractivity contribution in [3.05, 3.63) is 89.5 Å². The molecule has 0 saturated carbocycles. The molecule has 0 unspecified atom stereocenters. The van der Waals surface area contributed by atoms with E-state index in [9.17, 15) is 0 Å². The summed E-state index contributed by atoms with van der Waals surface area (Å²) in [6.07, 6.45) is 1.97. The molecule has 1 aromatic heterocycles. The van der Waals surface area contributed by atoms with E-state index in [0.29, 0.717) is 0 Å². The first-order valence-corrected chi connectivity index (χ1v) is 9.06. The molecule has 5 aromatic rings. The van der Waals surface area contributed by atoms with Gasteiger partial charge in [0.15, 0.2) is 0 Å². The Balaban J connectivity index is 1.97. The Morgan fingerprint density at radius 1 is 0.600 bits per heavy atom. The molecule has 2 heteroatoms. The van der Waals surface area contributed by atoms with Gasteiger partial charge in [-0.15, -0.1) is 0 Å². The molecule has 4 aromatic carbocycles. The standard InChI is InChI=1S/C23H14BrN/c24-23-19-11-5-3-9-17(19)22(18-10-4-6-12-20(18)23)21-13-15-7-1-2-8-16(15)14-25-21/h1-14H. The molecule has 0 atom stereocenters. The summed E-state index contributed by atoms with van der Waals surface area (Å²) in [6, 6.07) is 27.6. The zero-order valence-corrected chi connectivity index (χ0v) is 15.0. The molecule has 118 valence electrons. The summed E-state index contributed by atoms with van der Waals surface area (Å²) >= 11 is 3.81. The zero-order chi connectivity index (χ0) is 16.8. The van der Waals surface area contributed by atoms with Gasteiger partial charge in [0.1, 0.15) is 0 Å². The average Bonchev–Trinajstić information content (AvgIpc) is 2.68. The highest BCUT2D eigenvalue weighted by molar-refractivity contribution is 9.10. The minimum atomic E-state index is 1.01. The maximum Gasteiger partial charge on any atom is 0.0720 e. The van der Waals surface area contributed by atoms with Gasteiger partial charge in [0.25, 0.3) is 0 Å². The molecular formula is C23H14BrN. The highest BCUT2D eigenvalue weighted by atomic mass is 79.9. The molecule has 0 radical (unpaired) electrons. The van der Waals surface area contributed by atoms with Crippen molar-refractivity contribution in [3.8, 4) is 11.3 Å².